The molecule has 23 heavy (non-hydrogen) atoms. The molecule has 4 nitrogen and oxygen atoms in total. The maximum atomic E-state index is 12.5. The molecule has 0 saturated carbocycles. The number of nitrogens with zero attached hydrogens (tertiary/aromatic N) is 1. The van der Waals surface area contributed by atoms with Gasteiger partial charge >= 0.3 is 0 Å². The van der Waals surface area contributed by atoms with Crippen LogP contribution >= 0.6 is 0 Å². The first-order valence-corrected chi connectivity index (χ1v) is 8.78. The van der Waals surface area contributed by atoms with Crippen molar-refractivity contribution in [2.24, 2.45) is 5.41 Å². The normalized spacial score (nSPS) is 24.7. The van der Waals surface area contributed by atoms with E-state index in [2.05, 4.69) is 24.1 Å². The highest BCUT2D eigenvalue weighted by molar-refractivity contribution is 5.94. The Labute approximate surface area is 139 Å². The molecule has 1 aromatic rings. The van der Waals surface area contributed by atoms with Gasteiger partial charge in [0.25, 0.3) is 5.91 Å². The average molecular weight is 316 g/mol. The van der Waals surface area contributed by atoms with Crippen molar-refractivity contribution in [1.29, 1.82) is 0 Å². The third-order valence-electron chi connectivity index (χ3n) is 5.63. The molecule has 0 radical (unpaired) electrons. The predicted octanol–water partition coefficient (Wildman–Crippen LogP) is 2.70. The number of benzene rings is 1. The summed E-state index contributed by atoms with van der Waals surface area (Å²) < 4.78 is 5.69. The number of amides is 1. The van der Waals surface area contributed by atoms with Crippen LogP contribution in [0.2, 0.25) is 0 Å². The predicted molar refractivity (Wildman–Crippen MR) is 91.5 cm³/mol. The van der Waals surface area contributed by atoms with Crippen LogP contribution in [0.5, 0.6) is 0 Å². The summed E-state index contributed by atoms with van der Waals surface area (Å²) in [6, 6.07) is 10.2. The van der Waals surface area contributed by atoms with Crippen molar-refractivity contribution in [2.45, 2.75) is 45.2 Å². The molecule has 1 aromatic carbocycles. The summed E-state index contributed by atoms with van der Waals surface area (Å²) in [6.45, 7) is 8.22. The van der Waals surface area contributed by atoms with Gasteiger partial charge in [0.05, 0.1) is 12.6 Å². The standard InChI is InChI=1S/C19H28N2O2/c1-15(2)21-11-8-19(9-12-21)10-13-23-14-17(19)20-18(22)16-6-4-3-5-7-16/h3-7,15,17H,8-14H2,1-2H3,(H,20,22). The fraction of sp³-hybridized carbons (Fsp3) is 0.632. The Kier molecular flexibility index (Phi) is 5.02. The Morgan fingerprint density at radius 2 is 1.91 bits per heavy atom. The lowest BCUT2D eigenvalue weighted by atomic mass is 9.69. The van der Waals surface area contributed by atoms with Gasteiger partial charge < -0.3 is 15.0 Å². The molecule has 1 atom stereocenters. The second-order valence-corrected chi connectivity index (χ2v) is 7.21. The molecule has 126 valence electrons. The van der Waals surface area contributed by atoms with E-state index in [0.717, 1.165) is 44.5 Å². The number of hydrogen-bond donors (Lipinski definition) is 1. The molecule has 2 saturated heterocycles. The number of carbonyl (C=O) groups is 1. The van der Waals surface area contributed by atoms with Crippen molar-refractivity contribution in [2.75, 3.05) is 26.3 Å². The highest BCUT2D eigenvalue weighted by Crippen LogP contribution is 2.41. The number of piperidine rings is 1. The van der Waals surface area contributed by atoms with E-state index in [1.54, 1.807) is 0 Å². The smallest absolute Gasteiger partial charge is 0.251 e. The van der Waals surface area contributed by atoms with Gasteiger partial charge in [-0.2, -0.15) is 0 Å². The molecule has 2 fully saturated rings. The lowest BCUT2D eigenvalue weighted by Crippen LogP contribution is -2.58. The number of likely N-dealkylation sites (tertiary alicyclic amines) is 1. The minimum atomic E-state index is 0.0202. The Morgan fingerprint density at radius 1 is 1.22 bits per heavy atom. The van der Waals surface area contributed by atoms with Crippen molar-refractivity contribution in [3.05, 3.63) is 35.9 Å². The summed E-state index contributed by atoms with van der Waals surface area (Å²) in [6.07, 6.45) is 3.35. The van der Waals surface area contributed by atoms with Crippen LogP contribution in [-0.2, 0) is 4.74 Å². The summed E-state index contributed by atoms with van der Waals surface area (Å²) in [7, 11) is 0. The SMILES string of the molecule is CC(C)N1CCC2(CCOCC2NC(=O)c2ccccc2)CC1. The molecule has 1 spiro atoms. The second-order valence-electron chi connectivity index (χ2n) is 7.21. The Bertz CT molecular complexity index is 521. The van der Waals surface area contributed by atoms with E-state index in [0.29, 0.717) is 12.6 Å². The van der Waals surface area contributed by atoms with Gasteiger partial charge in [-0.1, -0.05) is 18.2 Å². The summed E-state index contributed by atoms with van der Waals surface area (Å²) in [5.74, 6) is 0.0202. The lowest BCUT2D eigenvalue weighted by Gasteiger charge is -2.49. The van der Waals surface area contributed by atoms with E-state index < -0.39 is 0 Å². The largest absolute Gasteiger partial charge is 0.379 e. The van der Waals surface area contributed by atoms with Gasteiger partial charge in [-0.25, -0.2) is 0 Å². The van der Waals surface area contributed by atoms with E-state index in [1.165, 1.54) is 0 Å². The molecule has 4 heteroatoms. The van der Waals surface area contributed by atoms with Crippen molar-refractivity contribution in [3.63, 3.8) is 0 Å². The highest BCUT2D eigenvalue weighted by Gasteiger charge is 2.44. The third kappa shape index (κ3) is 3.59. The minimum absolute atomic E-state index is 0.0202. The third-order valence-corrected chi connectivity index (χ3v) is 5.63. The molecule has 3 rings (SSSR count). The molecular weight excluding hydrogens is 288 g/mol. The zero-order valence-corrected chi connectivity index (χ0v) is 14.3. The maximum Gasteiger partial charge on any atom is 0.251 e. The van der Waals surface area contributed by atoms with Crippen LogP contribution < -0.4 is 5.32 Å². The number of nitrogens with one attached hydrogen (secondary N) is 1. The number of hydrogen-bond acceptors (Lipinski definition) is 3. The Hall–Kier alpha value is -1.39. The van der Waals surface area contributed by atoms with E-state index in [-0.39, 0.29) is 17.4 Å². The first-order chi connectivity index (χ1) is 11.1. The van der Waals surface area contributed by atoms with E-state index in [4.69, 9.17) is 4.74 Å². The monoisotopic (exact) mass is 316 g/mol. The van der Waals surface area contributed by atoms with E-state index in [1.807, 2.05) is 30.3 Å². The van der Waals surface area contributed by atoms with Gasteiger partial charge in [0.2, 0.25) is 0 Å². The molecule has 1 unspecified atom stereocenters. The highest BCUT2D eigenvalue weighted by atomic mass is 16.5. The number of rotatable bonds is 3. The van der Waals surface area contributed by atoms with Crippen molar-refractivity contribution < 1.29 is 9.53 Å². The fourth-order valence-electron chi connectivity index (χ4n) is 3.94. The Morgan fingerprint density at radius 3 is 2.57 bits per heavy atom. The summed E-state index contributed by atoms with van der Waals surface area (Å²) in [5.41, 5.74) is 0.932. The van der Waals surface area contributed by atoms with Gasteiger partial charge in [0.15, 0.2) is 0 Å². The average Bonchev–Trinajstić information content (AvgIpc) is 2.58. The van der Waals surface area contributed by atoms with Crippen molar-refractivity contribution >= 4 is 5.91 Å². The topological polar surface area (TPSA) is 41.6 Å². The van der Waals surface area contributed by atoms with Crippen LogP contribution in [0.3, 0.4) is 0 Å². The van der Waals surface area contributed by atoms with Gasteiger partial charge in [0.1, 0.15) is 0 Å². The van der Waals surface area contributed by atoms with Gasteiger partial charge in [-0.15, -0.1) is 0 Å². The first kappa shape index (κ1) is 16.5. The van der Waals surface area contributed by atoms with Crippen molar-refractivity contribution in [3.8, 4) is 0 Å². The van der Waals surface area contributed by atoms with Crippen LogP contribution in [0.4, 0.5) is 0 Å². The Balaban J connectivity index is 1.69. The molecule has 1 amide bonds. The summed E-state index contributed by atoms with van der Waals surface area (Å²) in [4.78, 5) is 15.1. The maximum absolute atomic E-state index is 12.5. The van der Waals surface area contributed by atoms with Crippen molar-refractivity contribution in [1.82, 2.24) is 10.2 Å². The van der Waals surface area contributed by atoms with Crippen LogP contribution in [0.1, 0.15) is 43.5 Å². The van der Waals surface area contributed by atoms with E-state index >= 15 is 0 Å². The van der Waals surface area contributed by atoms with Gasteiger partial charge in [-0.3, -0.25) is 4.79 Å². The van der Waals surface area contributed by atoms with Gasteiger partial charge in [0, 0.05) is 18.2 Å². The molecule has 1 N–H and O–H groups in total. The molecular formula is C19H28N2O2. The molecule has 0 bridgehead atoms. The van der Waals surface area contributed by atoms with Crippen LogP contribution in [0, 0.1) is 5.41 Å². The van der Waals surface area contributed by atoms with Crippen LogP contribution in [0.25, 0.3) is 0 Å². The lowest BCUT2D eigenvalue weighted by molar-refractivity contribution is -0.0515. The second kappa shape index (κ2) is 7.02. The van der Waals surface area contributed by atoms with Crippen LogP contribution in [-0.4, -0.2) is 49.2 Å². The summed E-state index contributed by atoms with van der Waals surface area (Å²) >= 11 is 0. The summed E-state index contributed by atoms with van der Waals surface area (Å²) in [5, 5.41) is 3.26. The minimum Gasteiger partial charge on any atom is -0.379 e. The first-order valence-electron chi connectivity index (χ1n) is 8.78. The molecule has 2 aliphatic heterocycles. The van der Waals surface area contributed by atoms with Gasteiger partial charge in [-0.05, 0) is 63.7 Å². The molecule has 2 aliphatic rings. The van der Waals surface area contributed by atoms with Crippen LogP contribution in [0.15, 0.2) is 30.3 Å². The molecule has 2 heterocycles. The zero-order chi connectivity index (χ0) is 16.3. The van der Waals surface area contributed by atoms with E-state index in [9.17, 15) is 4.79 Å². The molecule has 0 aromatic heterocycles. The quantitative estimate of drug-likeness (QED) is 0.932. The fourth-order valence-corrected chi connectivity index (χ4v) is 3.94. The molecule has 0 aliphatic carbocycles. The number of carbonyl (C=O) groups excluding carboxylic acids is 1. The number of ether oxygens (including phenoxy) is 1. The zero-order valence-electron chi connectivity index (χ0n) is 14.3.